The number of nitrogens with zero attached hydrogens (tertiary/aromatic N) is 1. The number of likely N-dealkylation sites (tertiary alicyclic amines) is 1. The number of hydrogen-bond donors (Lipinski definition) is 1. The number of amides is 1. The van der Waals surface area contributed by atoms with Crippen molar-refractivity contribution >= 4 is 21.8 Å². The first-order valence-electron chi connectivity index (χ1n) is 5.70. The number of hydrogen-bond acceptors (Lipinski definition) is 2. The van der Waals surface area contributed by atoms with Crippen molar-refractivity contribution in [2.24, 2.45) is 5.92 Å². The number of H-pyrrole nitrogens is 1. The van der Waals surface area contributed by atoms with E-state index in [0.29, 0.717) is 22.9 Å². The van der Waals surface area contributed by atoms with Gasteiger partial charge < -0.3 is 9.88 Å². The number of aromatic nitrogens is 1. The van der Waals surface area contributed by atoms with Crippen molar-refractivity contribution in [2.45, 2.75) is 18.2 Å². The Morgan fingerprint density at radius 3 is 3.00 bits per heavy atom. The maximum Gasteiger partial charge on any atom is 0.254 e. The molecule has 4 nitrogen and oxygen atoms in total. The average molecular weight is 299 g/mol. The van der Waals surface area contributed by atoms with Crippen molar-refractivity contribution in [3.63, 3.8) is 0 Å². The van der Waals surface area contributed by atoms with E-state index in [-0.39, 0.29) is 11.5 Å². The minimum atomic E-state index is -0.239. The van der Waals surface area contributed by atoms with Crippen molar-refractivity contribution in [1.29, 1.82) is 0 Å². The van der Waals surface area contributed by atoms with Crippen molar-refractivity contribution in [3.8, 4) is 0 Å². The van der Waals surface area contributed by atoms with Crippen LogP contribution in [0.15, 0.2) is 23.1 Å². The van der Waals surface area contributed by atoms with E-state index in [1.54, 1.807) is 11.0 Å². The summed E-state index contributed by atoms with van der Waals surface area (Å²) in [6.45, 7) is 3.64. The van der Waals surface area contributed by atoms with Gasteiger partial charge in [0.25, 0.3) is 5.91 Å². The Morgan fingerprint density at radius 1 is 1.59 bits per heavy atom. The molecule has 0 aromatic carbocycles. The highest BCUT2D eigenvalue weighted by Crippen LogP contribution is 2.24. The molecule has 0 spiro atoms. The molecule has 2 rings (SSSR count). The second-order valence-corrected chi connectivity index (χ2v) is 5.65. The summed E-state index contributed by atoms with van der Waals surface area (Å²) in [6, 6.07) is 2.99. The Bertz CT molecular complexity index is 472. The predicted molar refractivity (Wildman–Crippen MR) is 69.5 cm³/mol. The summed E-state index contributed by atoms with van der Waals surface area (Å²) in [5.74, 6) is 0.519. The number of pyridine rings is 1. The molecule has 0 bridgehead atoms. The van der Waals surface area contributed by atoms with Gasteiger partial charge in [-0.2, -0.15) is 0 Å². The molecule has 1 fully saturated rings. The van der Waals surface area contributed by atoms with Crippen LogP contribution in [0.3, 0.4) is 0 Å². The van der Waals surface area contributed by atoms with Gasteiger partial charge in [-0.1, -0.05) is 22.9 Å². The minimum absolute atomic E-state index is 0.0625. The van der Waals surface area contributed by atoms with Gasteiger partial charge >= 0.3 is 0 Å². The van der Waals surface area contributed by atoms with E-state index in [2.05, 4.69) is 27.8 Å². The maximum absolute atomic E-state index is 12.2. The first kappa shape index (κ1) is 12.4. The van der Waals surface area contributed by atoms with Crippen LogP contribution in [0.25, 0.3) is 0 Å². The van der Waals surface area contributed by atoms with Crippen LogP contribution in [0.5, 0.6) is 0 Å². The van der Waals surface area contributed by atoms with E-state index >= 15 is 0 Å². The van der Waals surface area contributed by atoms with E-state index in [1.165, 1.54) is 12.3 Å². The molecule has 92 valence electrons. The maximum atomic E-state index is 12.2. The Morgan fingerprint density at radius 2 is 2.35 bits per heavy atom. The van der Waals surface area contributed by atoms with Crippen LogP contribution in [0, 0.1) is 5.92 Å². The highest BCUT2D eigenvalue weighted by Gasteiger charge is 2.27. The highest BCUT2D eigenvalue weighted by atomic mass is 79.9. The van der Waals surface area contributed by atoms with E-state index in [9.17, 15) is 9.59 Å². The number of alkyl halides is 1. The smallest absolute Gasteiger partial charge is 0.254 e. The summed E-state index contributed by atoms with van der Waals surface area (Å²) in [6.07, 6.45) is 2.50. The molecule has 2 unspecified atom stereocenters. The molecule has 0 radical (unpaired) electrons. The lowest BCUT2D eigenvalue weighted by atomic mass is 9.98. The standard InChI is InChI=1S/C12H15BrN2O2/c1-8-3-5-15(7-10(8)13)12(17)9-2-4-14-11(16)6-9/h2,4,6,8,10H,3,5,7H2,1H3,(H,14,16). The monoisotopic (exact) mass is 298 g/mol. The predicted octanol–water partition coefficient (Wildman–Crippen LogP) is 1.62. The first-order chi connectivity index (χ1) is 8.08. The minimum Gasteiger partial charge on any atom is -0.338 e. The summed E-state index contributed by atoms with van der Waals surface area (Å²) in [4.78, 5) is 28.0. The van der Waals surface area contributed by atoms with Crippen LogP contribution < -0.4 is 5.56 Å². The SMILES string of the molecule is CC1CCN(C(=O)c2cc[nH]c(=O)c2)CC1Br. The van der Waals surface area contributed by atoms with Crippen molar-refractivity contribution in [1.82, 2.24) is 9.88 Å². The van der Waals surface area contributed by atoms with Crippen LogP contribution in [0.1, 0.15) is 23.7 Å². The average Bonchev–Trinajstić information content (AvgIpc) is 2.32. The lowest BCUT2D eigenvalue weighted by molar-refractivity contribution is 0.0705. The molecule has 1 N–H and O–H groups in total. The first-order valence-corrected chi connectivity index (χ1v) is 6.61. The van der Waals surface area contributed by atoms with E-state index < -0.39 is 0 Å². The molecule has 0 aliphatic carbocycles. The molecular formula is C12H15BrN2O2. The van der Waals surface area contributed by atoms with Crippen LogP contribution in [0.2, 0.25) is 0 Å². The van der Waals surface area contributed by atoms with E-state index in [4.69, 9.17) is 0 Å². The normalized spacial score (nSPS) is 24.7. The number of halogens is 1. The molecule has 17 heavy (non-hydrogen) atoms. The Balaban J connectivity index is 2.13. The highest BCUT2D eigenvalue weighted by molar-refractivity contribution is 9.09. The van der Waals surface area contributed by atoms with Gasteiger partial charge in [0.2, 0.25) is 5.56 Å². The van der Waals surface area contributed by atoms with E-state index in [1.807, 2.05) is 0 Å². The second kappa shape index (κ2) is 5.04. The molecule has 5 heteroatoms. The Kier molecular flexibility index (Phi) is 3.66. The number of piperidine rings is 1. The van der Waals surface area contributed by atoms with Gasteiger partial charge in [0.1, 0.15) is 0 Å². The number of aromatic amines is 1. The topological polar surface area (TPSA) is 53.2 Å². The van der Waals surface area contributed by atoms with E-state index in [0.717, 1.165) is 13.0 Å². The second-order valence-electron chi connectivity index (χ2n) is 4.47. The third-order valence-corrected chi connectivity index (χ3v) is 4.37. The third-order valence-electron chi connectivity index (χ3n) is 3.18. The number of nitrogens with one attached hydrogen (secondary N) is 1. The van der Waals surface area contributed by atoms with Gasteiger partial charge in [-0.25, -0.2) is 0 Å². The molecule has 1 aromatic rings. The Hall–Kier alpha value is -1.10. The van der Waals surface area contributed by atoms with Crippen molar-refractivity contribution in [2.75, 3.05) is 13.1 Å². The Labute approximate surface area is 108 Å². The van der Waals surface area contributed by atoms with Crippen LogP contribution in [-0.4, -0.2) is 33.7 Å². The quantitative estimate of drug-likeness (QED) is 0.801. The molecule has 0 saturated carbocycles. The zero-order chi connectivity index (χ0) is 12.4. The molecule has 1 amide bonds. The van der Waals surface area contributed by atoms with Gasteiger partial charge in [0, 0.05) is 35.7 Å². The number of carbonyl (C=O) groups excluding carboxylic acids is 1. The molecule has 2 atom stereocenters. The van der Waals surface area contributed by atoms with Crippen molar-refractivity contribution < 1.29 is 4.79 Å². The van der Waals surface area contributed by atoms with Crippen molar-refractivity contribution in [3.05, 3.63) is 34.2 Å². The molecule has 1 saturated heterocycles. The van der Waals surface area contributed by atoms with Gasteiger partial charge in [-0.3, -0.25) is 9.59 Å². The zero-order valence-corrected chi connectivity index (χ0v) is 11.2. The lowest BCUT2D eigenvalue weighted by Crippen LogP contribution is -2.43. The fourth-order valence-corrected chi connectivity index (χ4v) is 2.58. The number of carbonyl (C=O) groups is 1. The van der Waals surface area contributed by atoms with Crippen LogP contribution >= 0.6 is 15.9 Å². The third kappa shape index (κ3) is 2.77. The van der Waals surface area contributed by atoms with Gasteiger partial charge in [-0.15, -0.1) is 0 Å². The largest absolute Gasteiger partial charge is 0.338 e. The van der Waals surface area contributed by atoms with Gasteiger partial charge in [0.05, 0.1) is 0 Å². The number of rotatable bonds is 1. The summed E-state index contributed by atoms with van der Waals surface area (Å²) < 4.78 is 0. The molecule has 1 aliphatic rings. The van der Waals surface area contributed by atoms with Gasteiger partial charge in [-0.05, 0) is 18.4 Å². The molecule has 1 aromatic heterocycles. The molecule has 2 heterocycles. The fourth-order valence-electron chi connectivity index (χ4n) is 1.97. The van der Waals surface area contributed by atoms with Crippen LogP contribution in [-0.2, 0) is 0 Å². The summed E-state index contributed by atoms with van der Waals surface area (Å²) in [5, 5.41) is 0. The molecular weight excluding hydrogens is 284 g/mol. The van der Waals surface area contributed by atoms with Crippen LogP contribution in [0.4, 0.5) is 0 Å². The molecule has 1 aliphatic heterocycles. The summed E-state index contributed by atoms with van der Waals surface area (Å²) in [5.41, 5.74) is 0.222. The lowest BCUT2D eigenvalue weighted by Gasteiger charge is -2.34. The zero-order valence-electron chi connectivity index (χ0n) is 9.65. The fraction of sp³-hybridized carbons (Fsp3) is 0.500. The summed E-state index contributed by atoms with van der Waals surface area (Å²) in [7, 11) is 0. The van der Waals surface area contributed by atoms with Gasteiger partial charge in [0.15, 0.2) is 0 Å². The summed E-state index contributed by atoms with van der Waals surface area (Å²) >= 11 is 3.59.